The number of hydrogen-bond donors (Lipinski definition) is 3. The van der Waals surface area contributed by atoms with E-state index in [1.54, 1.807) is 19.9 Å². The molecule has 11 heteroatoms. The quantitative estimate of drug-likeness (QED) is 0.313. The van der Waals surface area contributed by atoms with Crippen molar-refractivity contribution < 1.29 is 38.5 Å². The summed E-state index contributed by atoms with van der Waals surface area (Å²) in [6.07, 6.45) is 7.12. The second kappa shape index (κ2) is 11.5. The number of benzene rings is 1. The van der Waals surface area contributed by atoms with Crippen LogP contribution in [0.5, 0.6) is 5.75 Å². The third kappa shape index (κ3) is 4.84. The molecule has 6 rings (SSSR count). The molecule has 44 heavy (non-hydrogen) atoms. The number of hydrogen-bond acceptors (Lipinski definition) is 9. The number of aliphatic hydroxyl groups excluding tert-OH is 2. The number of rotatable bonds is 10. The van der Waals surface area contributed by atoms with Gasteiger partial charge in [-0.05, 0) is 99.3 Å². The maximum atomic E-state index is 12.9. The molecule has 4 aliphatic carbocycles. The largest absolute Gasteiger partial charge is 0.481 e. The van der Waals surface area contributed by atoms with Crippen molar-refractivity contribution in [1.82, 2.24) is 9.78 Å². The topological polar surface area (TPSA) is 140 Å². The summed E-state index contributed by atoms with van der Waals surface area (Å²) in [4.78, 5) is 12.7. The summed E-state index contributed by atoms with van der Waals surface area (Å²) in [6, 6.07) is 7.49. The van der Waals surface area contributed by atoms with Gasteiger partial charge >= 0.3 is 7.60 Å². The Hall–Kier alpha value is -2.33. The third-order valence-corrected chi connectivity index (χ3v) is 13.0. The number of carbonyl (C=O) groups excluding carboxylic acids is 1. The van der Waals surface area contributed by atoms with E-state index in [1.165, 1.54) is 5.57 Å². The molecule has 7 atom stereocenters. The van der Waals surface area contributed by atoms with Gasteiger partial charge in [-0.3, -0.25) is 9.36 Å². The van der Waals surface area contributed by atoms with Gasteiger partial charge in [-0.2, -0.15) is 5.10 Å². The molecular formula is C33H45N2O8P. The molecule has 0 bridgehead atoms. The van der Waals surface area contributed by atoms with Crippen LogP contribution in [0.25, 0.3) is 11.8 Å². The molecule has 1 aromatic heterocycles. The first kappa shape index (κ1) is 31.6. The second-order valence-corrected chi connectivity index (χ2v) is 15.4. The van der Waals surface area contributed by atoms with Crippen LogP contribution < -0.4 is 4.74 Å². The van der Waals surface area contributed by atoms with E-state index >= 15 is 0 Å². The molecule has 1 aromatic carbocycles. The standard InChI is InChI=1S/C33H45N2O8P/c1-5-42-44(40,43-6-2)20-41-24-9-7-8-23(15-24)35-27-14-22-10-11-25-26-12-13-33(39,29(38)19-36)32(26,4)17-28(37)30(25)31(22,3)16-21(27)18-34-35/h7-9,14-15,18,25-26,28,30,36-37,39H,5-6,10-13,16-17,19-20H2,1-4H3/t25?,26?,28-,30?,31-,32-,33-/m0/s1. The highest BCUT2D eigenvalue weighted by molar-refractivity contribution is 7.53. The van der Waals surface area contributed by atoms with Crippen molar-refractivity contribution in [3.63, 3.8) is 0 Å². The maximum Gasteiger partial charge on any atom is 0.367 e. The van der Waals surface area contributed by atoms with E-state index in [2.05, 4.69) is 13.0 Å². The van der Waals surface area contributed by atoms with E-state index in [0.717, 1.165) is 36.2 Å². The zero-order chi connectivity index (χ0) is 31.5. The predicted octanol–water partition coefficient (Wildman–Crippen LogP) is 4.92. The van der Waals surface area contributed by atoms with Crippen LogP contribution in [0, 0.1) is 28.6 Å². The van der Waals surface area contributed by atoms with Gasteiger partial charge in [0.05, 0.1) is 36.9 Å². The van der Waals surface area contributed by atoms with E-state index in [9.17, 15) is 24.7 Å². The Bertz CT molecular complexity index is 1500. The normalized spacial score (nSPS) is 34.4. The average molecular weight is 629 g/mol. The minimum Gasteiger partial charge on any atom is -0.481 e. The zero-order valence-corrected chi connectivity index (χ0v) is 27.0. The summed E-state index contributed by atoms with van der Waals surface area (Å²) < 4.78 is 31.4. The molecule has 0 amide bonds. The summed E-state index contributed by atoms with van der Waals surface area (Å²) in [5.41, 5.74) is 1.56. The number of ketones is 1. The molecule has 0 aliphatic heterocycles. The van der Waals surface area contributed by atoms with Gasteiger partial charge in [-0.1, -0.05) is 25.5 Å². The average Bonchev–Trinajstić information content (AvgIpc) is 3.51. The van der Waals surface area contributed by atoms with Crippen LogP contribution in [0.4, 0.5) is 0 Å². The Morgan fingerprint density at radius 3 is 2.64 bits per heavy atom. The second-order valence-electron chi connectivity index (χ2n) is 13.5. The third-order valence-electron chi connectivity index (χ3n) is 11.3. The van der Waals surface area contributed by atoms with Crippen molar-refractivity contribution in [3.05, 3.63) is 47.3 Å². The van der Waals surface area contributed by atoms with Crippen LogP contribution in [0.2, 0.25) is 0 Å². The monoisotopic (exact) mass is 628 g/mol. The van der Waals surface area contributed by atoms with Crippen molar-refractivity contribution in [2.75, 3.05) is 26.2 Å². The molecule has 3 fully saturated rings. The van der Waals surface area contributed by atoms with Crippen molar-refractivity contribution in [3.8, 4) is 11.4 Å². The Morgan fingerprint density at radius 1 is 1.18 bits per heavy atom. The molecular weight excluding hydrogens is 583 g/mol. The van der Waals surface area contributed by atoms with Gasteiger partial charge in [0.25, 0.3) is 0 Å². The SMILES string of the molecule is CCOP(=O)(COc1cccc(-n2ncc3c2C=C2CCC4C([C@@H](O)C[C@@]5(C)C4CC[C@]5(O)C(=O)CO)[C@@]2(C)C3)c1)OCC. The first-order chi connectivity index (χ1) is 20.9. The van der Waals surface area contributed by atoms with Crippen LogP contribution in [0.15, 0.2) is 36.0 Å². The Morgan fingerprint density at radius 2 is 1.93 bits per heavy atom. The Kier molecular flexibility index (Phi) is 8.26. The van der Waals surface area contributed by atoms with Gasteiger partial charge in [-0.25, -0.2) is 4.68 Å². The van der Waals surface area contributed by atoms with Gasteiger partial charge in [0, 0.05) is 11.5 Å². The number of ether oxygens (including phenoxy) is 1. The molecule has 3 saturated carbocycles. The lowest BCUT2D eigenvalue weighted by Gasteiger charge is -2.60. The maximum absolute atomic E-state index is 12.9. The van der Waals surface area contributed by atoms with Crippen molar-refractivity contribution in [2.24, 2.45) is 28.6 Å². The fourth-order valence-electron chi connectivity index (χ4n) is 9.35. The van der Waals surface area contributed by atoms with E-state index in [0.29, 0.717) is 25.0 Å². The minimum atomic E-state index is -3.36. The van der Waals surface area contributed by atoms with Crippen LogP contribution >= 0.6 is 7.60 Å². The van der Waals surface area contributed by atoms with E-state index in [4.69, 9.17) is 18.9 Å². The highest BCUT2D eigenvalue weighted by Gasteiger charge is 2.68. The lowest BCUT2D eigenvalue weighted by molar-refractivity contribution is -0.181. The summed E-state index contributed by atoms with van der Waals surface area (Å²) in [7, 11) is -3.36. The number of allylic oxidation sites excluding steroid dienone is 1. The molecule has 3 N–H and O–H groups in total. The molecule has 3 unspecified atom stereocenters. The van der Waals surface area contributed by atoms with Crippen molar-refractivity contribution >= 4 is 19.5 Å². The smallest absolute Gasteiger partial charge is 0.367 e. The zero-order valence-electron chi connectivity index (χ0n) is 26.1. The van der Waals surface area contributed by atoms with Gasteiger partial charge in [0.2, 0.25) is 0 Å². The summed E-state index contributed by atoms with van der Waals surface area (Å²) in [5, 5.41) is 37.7. The fraction of sp³-hybridized carbons (Fsp3) is 0.636. The molecule has 0 spiro atoms. The summed E-state index contributed by atoms with van der Waals surface area (Å²) in [5.74, 6) is 0.262. The van der Waals surface area contributed by atoms with E-state index in [1.807, 2.05) is 36.0 Å². The Labute approximate surface area is 258 Å². The molecule has 10 nitrogen and oxygen atoms in total. The number of Topliss-reactive ketones (excluding diaryl/α,β-unsaturated/α-hetero) is 1. The molecule has 1 heterocycles. The molecule has 2 aromatic rings. The van der Waals surface area contributed by atoms with Crippen LogP contribution in [0.1, 0.15) is 71.1 Å². The highest BCUT2D eigenvalue weighted by Crippen LogP contribution is 2.67. The summed E-state index contributed by atoms with van der Waals surface area (Å²) >= 11 is 0. The lowest BCUT2D eigenvalue weighted by atomic mass is 9.45. The van der Waals surface area contributed by atoms with Gasteiger partial charge in [-0.15, -0.1) is 0 Å². The number of carbonyl (C=O) groups is 1. The molecule has 0 saturated heterocycles. The highest BCUT2D eigenvalue weighted by atomic mass is 31.2. The predicted molar refractivity (Wildman–Crippen MR) is 164 cm³/mol. The van der Waals surface area contributed by atoms with Gasteiger partial charge in [0.1, 0.15) is 18.0 Å². The first-order valence-corrected chi connectivity index (χ1v) is 17.6. The van der Waals surface area contributed by atoms with Crippen molar-refractivity contribution in [1.29, 1.82) is 0 Å². The van der Waals surface area contributed by atoms with Crippen LogP contribution in [0.3, 0.4) is 0 Å². The molecule has 0 radical (unpaired) electrons. The lowest BCUT2D eigenvalue weighted by Crippen LogP contribution is -2.62. The van der Waals surface area contributed by atoms with Gasteiger partial charge < -0.3 is 29.1 Å². The van der Waals surface area contributed by atoms with Gasteiger partial charge in [0.15, 0.2) is 12.1 Å². The summed E-state index contributed by atoms with van der Waals surface area (Å²) in [6.45, 7) is 7.57. The minimum absolute atomic E-state index is 0.00764. The van der Waals surface area contributed by atoms with Crippen molar-refractivity contribution in [2.45, 2.75) is 77.9 Å². The Balaban J connectivity index is 1.26. The number of nitrogens with zero attached hydrogens (tertiary/aromatic N) is 2. The number of fused-ring (bicyclic) bond motifs is 6. The van der Waals surface area contributed by atoms with E-state index in [-0.39, 0.29) is 42.7 Å². The van der Waals surface area contributed by atoms with Crippen LogP contribution in [-0.4, -0.2) is 68.8 Å². The first-order valence-electron chi connectivity index (χ1n) is 15.9. The van der Waals surface area contributed by atoms with E-state index < -0.39 is 37.1 Å². The fourth-order valence-corrected chi connectivity index (χ4v) is 10.7. The van der Waals surface area contributed by atoms with Crippen LogP contribution in [-0.2, 0) is 24.8 Å². The number of aromatic nitrogens is 2. The molecule has 4 aliphatic rings. The number of aliphatic hydroxyl groups is 3. The molecule has 240 valence electrons.